The highest BCUT2D eigenvalue weighted by molar-refractivity contribution is 5.92. The molecule has 3 N–H and O–H groups in total. The van der Waals surface area contributed by atoms with Crippen LogP contribution in [0.5, 0.6) is 0 Å². The summed E-state index contributed by atoms with van der Waals surface area (Å²) in [5, 5.41) is 29.2. The molecule has 3 aromatic heterocycles. The molecule has 3 aromatic rings. The van der Waals surface area contributed by atoms with Crippen LogP contribution in [-0.4, -0.2) is 79.0 Å². The van der Waals surface area contributed by atoms with E-state index in [0.717, 1.165) is 36.2 Å². The lowest BCUT2D eigenvalue weighted by atomic mass is 9.84. The van der Waals surface area contributed by atoms with Crippen molar-refractivity contribution in [3.63, 3.8) is 0 Å². The minimum Gasteiger partial charge on any atom is -0.390 e. The quantitative estimate of drug-likeness (QED) is 0.452. The van der Waals surface area contributed by atoms with Gasteiger partial charge >= 0.3 is 0 Å². The van der Waals surface area contributed by atoms with E-state index in [1.807, 2.05) is 30.8 Å². The predicted octanol–water partition coefficient (Wildman–Crippen LogP) is 3.05. The van der Waals surface area contributed by atoms with E-state index in [4.69, 9.17) is 5.10 Å². The van der Waals surface area contributed by atoms with Crippen molar-refractivity contribution in [3.05, 3.63) is 24.5 Å². The predicted molar refractivity (Wildman–Crippen MR) is 138 cm³/mol. The van der Waals surface area contributed by atoms with Gasteiger partial charge in [0.15, 0.2) is 5.82 Å². The van der Waals surface area contributed by atoms with Crippen LogP contribution < -0.4 is 15.1 Å². The molecule has 5 heterocycles. The van der Waals surface area contributed by atoms with Gasteiger partial charge in [0.05, 0.1) is 29.2 Å². The van der Waals surface area contributed by atoms with Crippen LogP contribution in [0.1, 0.15) is 46.6 Å². The molecule has 0 aromatic carbocycles. The van der Waals surface area contributed by atoms with Gasteiger partial charge in [0.2, 0.25) is 5.95 Å². The number of aliphatic hydroxyl groups excluding tert-OH is 1. The van der Waals surface area contributed by atoms with Crippen molar-refractivity contribution in [3.8, 4) is 0 Å². The Kier molecular flexibility index (Phi) is 6.46. The topological polar surface area (TPSA) is 115 Å². The Balaban J connectivity index is 1.40. The Morgan fingerprint density at radius 3 is 2.67 bits per heavy atom. The average Bonchev–Trinajstić information content (AvgIpc) is 3.17. The zero-order chi connectivity index (χ0) is 25.6. The molecule has 3 atom stereocenters. The number of hydrogen-bond acceptors (Lipinski definition) is 9. The second-order valence-electron chi connectivity index (χ2n) is 10.6. The standard InChI is InChI=1S/C25H35FN8O2/c1-5-15(2)34-19-10-22(28-11-17(19)23(31-34)33-12-16(13-33)25(3,4)36)29-21-6-8-27-24(30-21)32-9-7-20(35)18(26)14-32/h6,8,10-11,15-16,18,20,35-36H,5,7,9,12-14H2,1-4H3,(H,27,28,29,30)/t15-,18-,20+/m0/s1. The van der Waals surface area contributed by atoms with E-state index in [-0.39, 0.29) is 18.5 Å². The fraction of sp³-hybridized carbons (Fsp3) is 0.600. The van der Waals surface area contributed by atoms with Gasteiger partial charge in [-0.2, -0.15) is 10.1 Å². The number of nitrogens with zero attached hydrogens (tertiary/aromatic N) is 7. The number of anilines is 4. The first kappa shape index (κ1) is 24.6. The van der Waals surface area contributed by atoms with Gasteiger partial charge in [-0.3, -0.25) is 4.68 Å². The molecule has 11 heteroatoms. The number of fused-ring (bicyclic) bond motifs is 1. The van der Waals surface area contributed by atoms with E-state index in [2.05, 4.69) is 39.0 Å². The monoisotopic (exact) mass is 498 g/mol. The van der Waals surface area contributed by atoms with Crippen molar-refractivity contribution < 1.29 is 14.6 Å². The van der Waals surface area contributed by atoms with Gasteiger partial charge in [-0.1, -0.05) is 6.92 Å². The van der Waals surface area contributed by atoms with Crippen molar-refractivity contribution in [1.29, 1.82) is 0 Å². The molecule has 10 nitrogen and oxygen atoms in total. The molecule has 2 aliphatic rings. The van der Waals surface area contributed by atoms with E-state index in [1.54, 1.807) is 17.2 Å². The van der Waals surface area contributed by atoms with E-state index >= 15 is 0 Å². The van der Waals surface area contributed by atoms with Crippen molar-refractivity contribution in [2.75, 3.05) is 41.3 Å². The Morgan fingerprint density at radius 2 is 1.97 bits per heavy atom. The maximum absolute atomic E-state index is 14.0. The second kappa shape index (κ2) is 9.44. The van der Waals surface area contributed by atoms with Crippen LogP contribution in [0.15, 0.2) is 24.5 Å². The first-order valence-electron chi connectivity index (χ1n) is 12.7. The van der Waals surface area contributed by atoms with E-state index in [0.29, 0.717) is 30.5 Å². The normalized spacial score (nSPS) is 22.1. The van der Waals surface area contributed by atoms with E-state index in [1.165, 1.54) is 0 Å². The molecular formula is C25H35FN8O2. The van der Waals surface area contributed by atoms with Gasteiger partial charge < -0.3 is 25.3 Å². The summed E-state index contributed by atoms with van der Waals surface area (Å²) in [7, 11) is 0. The Morgan fingerprint density at radius 1 is 1.19 bits per heavy atom. The third-order valence-corrected chi connectivity index (χ3v) is 7.45. The van der Waals surface area contributed by atoms with Crippen LogP contribution in [0.25, 0.3) is 10.9 Å². The summed E-state index contributed by atoms with van der Waals surface area (Å²) < 4.78 is 16.1. The summed E-state index contributed by atoms with van der Waals surface area (Å²) >= 11 is 0. The molecule has 0 amide bonds. The van der Waals surface area contributed by atoms with E-state index in [9.17, 15) is 14.6 Å². The first-order valence-corrected chi connectivity index (χ1v) is 12.7. The molecule has 2 saturated heterocycles. The molecule has 0 spiro atoms. The second-order valence-corrected chi connectivity index (χ2v) is 10.6. The fourth-order valence-electron chi connectivity index (χ4n) is 4.70. The van der Waals surface area contributed by atoms with Crippen LogP contribution in [0.2, 0.25) is 0 Å². The summed E-state index contributed by atoms with van der Waals surface area (Å²) in [5.74, 6) is 2.69. The van der Waals surface area contributed by atoms with Crippen LogP contribution in [0.3, 0.4) is 0 Å². The summed E-state index contributed by atoms with van der Waals surface area (Å²) in [6, 6.07) is 3.92. The van der Waals surface area contributed by atoms with Crippen LogP contribution >= 0.6 is 0 Å². The van der Waals surface area contributed by atoms with Gasteiger partial charge in [0, 0.05) is 50.1 Å². The summed E-state index contributed by atoms with van der Waals surface area (Å²) in [6.07, 6.45) is 2.49. The molecule has 0 radical (unpaired) electrons. The van der Waals surface area contributed by atoms with Gasteiger partial charge in [-0.05, 0) is 39.7 Å². The highest BCUT2D eigenvalue weighted by atomic mass is 19.1. The highest BCUT2D eigenvalue weighted by Gasteiger charge is 2.39. The average molecular weight is 499 g/mol. The SMILES string of the molecule is CC[C@H](C)n1nc(N2CC(C(C)(C)O)C2)c2cnc(Nc3ccnc(N4CC[C@@H](O)[C@@H](F)C4)n3)cc21. The summed E-state index contributed by atoms with van der Waals surface area (Å²) in [6.45, 7) is 10.1. The number of aromatic nitrogens is 5. The molecule has 2 aliphatic heterocycles. The number of halogens is 1. The van der Waals surface area contributed by atoms with Gasteiger partial charge in [0.1, 0.15) is 17.8 Å². The van der Waals surface area contributed by atoms with Crippen LogP contribution in [0, 0.1) is 5.92 Å². The molecule has 0 saturated carbocycles. The van der Waals surface area contributed by atoms with Gasteiger partial charge in [-0.15, -0.1) is 0 Å². The molecule has 0 aliphatic carbocycles. The Bertz CT molecular complexity index is 1220. The molecule has 2 fully saturated rings. The van der Waals surface area contributed by atoms with E-state index < -0.39 is 17.9 Å². The van der Waals surface area contributed by atoms with Crippen molar-refractivity contribution in [2.24, 2.45) is 5.92 Å². The minimum atomic E-state index is -1.32. The number of aliphatic hydroxyl groups is 2. The smallest absolute Gasteiger partial charge is 0.227 e. The number of hydrogen-bond donors (Lipinski definition) is 3. The lowest BCUT2D eigenvalue weighted by Gasteiger charge is -2.45. The number of pyridine rings is 1. The first-order chi connectivity index (χ1) is 17.1. The van der Waals surface area contributed by atoms with Crippen LogP contribution in [-0.2, 0) is 0 Å². The zero-order valence-electron chi connectivity index (χ0n) is 21.3. The highest BCUT2D eigenvalue weighted by Crippen LogP contribution is 2.36. The fourth-order valence-corrected chi connectivity index (χ4v) is 4.70. The molecule has 0 bridgehead atoms. The lowest BCUT2D eigenvalue weighted by molar-refractivity contribution is 0.00441. The van der Waals surface area contributed by atoms with Gasteiger partial charge in [0.25, 0.3) is 0 Å². The van der Waals surface area contributed by atoms with Crippen molar-refractivity contribution in [2.45, 2.75) is 64.5 Å². The summed E-state index contributed by atoms with van der Waals surface area (Å²) in [4.78, 5) is 17.4. The molecule has 0 unspecified atom stereocenters. The Labute approximate surface area is 210 Å². The Hall–Kier alpha value is -3.05. The number of rotatable bonds is 7. The maximum atomic E-state index is 14.0. The molecule has 194 valence electrons. The maximum Gasteiger partial charge on any atom is 0.227 e. The van der Waals surface area contributed by atoms with Crippen LogP contribution in [0.4, 0.5) is 27.8 Å². The van der Waals surface area contributed by atoms with Crippen molar-refractivity contribution >= 4 is 34.3 Å². The minimum absolute atomic E-state index is 0.0660. The van der Waals surface area contributed by atoms with Gasteiger partial charge in [-0.25, -0.2) is 14.4 Å². The third kappa shape index (κ3) is 4.69. The summed E-state index contributed by atoms with van der Waals surface area (Å²) in [5.41, 5.74) is 0.263. The van der Waals surface area contributed by atoms with Crippen molar-refractivity contribution in [1.82, 2.24) is 24.7 Å². The molecule has 36 heavy (non-hydrogen) atoms. The molecular weight excluding hydrogens is 463 g/mol. The number of alkyl halides is 1. The third-order valence-electron chi connectivity index (χ3n) is 7.45. The largest absolute Gasteiger partial charge is 0.390 e. The molecule has 5 rings (SSSR count). The lowest BCUT2D eigenvalue weighted by Crippen LogP contribution is -2.56. The zero-order valence-corrected chi connectivity index (χ0v) is 21.3. The number of nitrogens with one attached hydrogen (secondary N) is 1. The number of piperidine rings is 1.